The molecule has 26 atom stereocenters. The van der Waals surface area contributed by atoms with Gasteiger partial charge in [-0.15, -0.1) is 0 Å². The van der Waals surface area contributed by atoms with Crippen LogP contribution in [0.15, 0.2) is 0 Å². The van der Waals surface area contributed by atoms with Gasteiger partial charge in [0, 0.05) is 0 Å². The first-order chi connectivity index (χ1) is 70.8. The normalized spacial score (nSPS) is 16.7. The number of unbranched alkanes of at least 4 members (excludes halogenated alkanes) is 8. The highest BCUT2D eigenvalue weighted by Crippen LogP contribution is 2.23. The van der Waals surface area contributed by atoms with Crippen LogP contribution in [0.4, 0.5) is 0 Å². The van der Waals surface area contributed by atoms with E-state index in [4.69, 9.17) is 57.3 Å². The average molecular weight is 2120 g/mol. The molecule has 0 spiro atoms. The molecule has 0 aliphatic carbocycles. The smallest absolute Gasteiger partial charge is 0.243 e. The van der Waals surface area contributed by atoms with Crippen molar-refractivity contribution in [1.82, 2.24) is 90.4 Å². The van der Waals surface area contributed by atoms with Crippen molar-refractivity contribution in [3.63, 3.8) is 0 Å². The topological polar surface area (TPSA) is 772 Å². The quantitative estimate of drug-likeness (QED) is 0.0360. The van der Waals surface area contributed by atoms with Crippen molar-refractivity contribution < 1.29 is 86.3 Å². The zero-order valence-electron chi connectivity index (χ0n) is 93.3. The predicted molar refractivity (Wildman–Crippen MR) is 579 cm³/mol. The van der Waals surface area contributed by atoms with Gasteiger partial charge in [0.15, 0.2) is 0 Å². The maximum Gasteiger partial charge on any atom is 0.243 e. The van der Waals surface area contributed by atoms with E-state index in [-0.39, 0.29) is 116 Å². The van der Waals surface area contributed by atoms with Gasteiger partial charge in [-0.05, 0) is 260 Å². The maximum absolute atomic E-state index is 15.2. The van der Waals surface area contributed by atoms with E-state index in [1.807, 2.05) is 20.8 Å². The van der Waals surface area contributed by atoms with E-state index in [0.29, 0.717) is 167 Å². The molecule has 860 valence electrons. The van der Waals surface area contributed by atoms with Crippen LogP contribution in [0.2, 0.25) is 0 Å². The van der Waals surface area contributed by atoms with E-state index in [1.54, 1.807) is 104 Å². The number of carbonyl (C=O) groups excluding carboxylic acids is 18. The summed E-state index contributed by atoms with van der Waals surface area (Å²) >= 11 is 0. The van der Waals surface area contributed by atoms with Crippen LogP contribution in [0.1, 0.15) is 337 Å². The van der Waals surface area contributed by atoms with Crippen molar-refractivity contribution in [3.05, 3.63) is 0 Å². The lowest BCUT2D eigenvalue weighted by atomic mass is 9.94. The van der Waals surface area contributed by atoms with Gasteiger partial charge in [-0.1, -0.05) is 182 Å². The molecule has 45 nitrogen and oxygen atoms in total. The molecular formula is C104H201N27O18. The largest absolute Gasteiger partial charge is 0.368 e. The Labute approximate surface area is 887 Å². The lowest BCUT2D eigenvalue weighted by Crippen LogP contribution is -2.63. The summed E-state index contributed by atoms with van der Waals surface area (Å²) in [6, 6.07) is -21.7. The van der Waals surface area contributed by atoms with Gasteiger partial charge in [0.05, 0.1) is 6.54 Å². The summed E-state index contributed by atoms with van der Waals surface area (Å²) in [5.41, 5.74) is 58.8. The van der Waals surface area contributed by atoms with Gasteiger partial charge in [0.2, 0.25) is 106 Å². The molecule has 0 saturated carbocycles. The van der Waals surface area contributed by atoms with Crippen LogP contribution in [0.5, 0.6) is 0 Å². The van der Waals surface area contributed by atoms with Crippen molar-refractivity contribution in [1.29, 1.82) is 0 Å². The number of amides is 18. The Morgan fingerprint density at radius 2 is 0.275 bits per heavy atom. The first-order valence-electron chi connectivity index (χ1n) is 55.6. The molecule has 0 radical (unpaired) electrons. The Morgan fingerprint density at radius 1 is 0.161 bits per heavy atom. The van der Waals surface area contributed by atoms with Gasteiger partial charge in [-0.25, -0.2) is 0 Å². The zero-order valence-corrected chi connectivity index (χ0v) is 93.3. The average Bonchev–Trinajstić information content (AvgIpc) is 0.834. The maximum atomic E-state index is 15.2. The molecule has 0 rings (SSSR count). The molecule has 0 aromatic rings. The predicted octanol–water partition coefficient (Wildman–Crippen LogP) is 0.119. The molecule has 0 unspecified atom stereocenters. The first kappa shape index (κ1) is 139. The fourth-order valence-electron chi connectivity index (χ4n) is 16.8. The number of hydrogen-bond acceptors (Lipinski definition) is 27. The van der Waals surface area contributed by atoms with Crippen LogP contribution >= 0.6 is 0 Å². The number of nitrogens with two attached hydrogens (primary N) is 10. The molecule has 0 aliphatic heterocycles. The minimum atomic E-state index is -1.37. The molecule has 0 aromatic carbocycles. The number of rotatable bonds is 85. The summed E-state index contributed by atoms with van der Waals surface area (Å²) in [6.07, 6.45) is 9.97. The lowest BCUT2D eigenvalue weighted by molar-refractivity contribution is -0.138. The van der Waals surface area contributed by atoms with Gasteiger partial charge >= 0.3 is 0 Å². The summed E-state index contributed by atoms with van der Waals surface area (Å²) < 4.78 is 0. The summed E-state index contributed by atoms with van der Waals surface area (Å²) in [4.78, 5) is 262. The molecule has 0 saturated heterocycles. The van der Waals surface area contributed by atoms with Crippen LogP contribution in [0.3, 0.4) is 0 Å². The fraction of sp³-hybridized carbons (Fsp3) is 0.827. The van der Waals surface area contributed by atoms with E-state index in [9.17, 15) is 52.7 Å². The second-order valence-electron chi connectivity index (χ2n) is 40.8. The molecule has 0 aliphatic rings. The molecule has 149 heavy (non-hydrogen) atoms. The summed E-state index contributed by atoms with van der Waals surface area (Å²) in [5.74, 6) is -18.1. The second-order valence-corrected chi connectivity index (χ2v) is 40.8. The van der Waals surface area contributed by atoms with Gasteiger partial charge in [-0.2, -0.15) is 0 Å². The third kappa shape index (κ3) is 51.9. The molecule has 0 fully saturated rings. The van der Waals surface area contributed by atoms with Crippen molar-refractivity contribution in [2.75, 3.05) is 58.9 Å². The standard InChI is InChI=1S/C104H201N27O18/c1-19-61(10)79(88(114)133)124-93(138)74(48-32-40-56-109)115-89(134)70(44-28-36-52-105)120-98(143)82(64(13)22-4)129-102(147)85(67(16)25-7)126-95(140)76(50-34-42-58-111)117-91(136)72(46-30-38-54-107)122-100(145)84(66(15)24-6)131-104(149)87(69(18)27-9)127-96(141)77(51-35-43-59-112)118-92(137)73(47-31-39-55-108)121-99(144)83(65(14)23-5)130-103(148)86(68(17)26-8)125-94(139)75(49-33-41-57-110)116-90(135)71(45-29-37-53-106)119-97(142)81(63(12)21-3)128-101(146)80(62(11)20-2)123-78(132)60-113/h61-77,79-87H,19-60,105-113H2,1-18H3,(H2,114,133)(H,115,134)(H,116,135)(H,117,136)(H,118,137)(H,119,142)(H,120,143)(H,121,144)(H,122,145)(H,123,132)(H,124,138)(H,125,139)(H,126,140)(H,127,141)(H,128,146)(H,129,147)(H,130,148)(H,131,149)/t61-,62-,63-,64-,65-,66-,67-,68-,69-,70-,71-,72-,73-,74-,75-,76-,77-,79-,80-,81-,82-,83-,84-,85-,86-,87-/m0/s1. The van der Waals surface area contributed by atoms with Crippen molar-refractivity contribution in [2.45, 2.75) is 439 Å². The minimum absolute atomic E-state index is 0.00194. The van der Waals surface area contributed by atoms with Gasteiger partial charge < -0.3 is 148 Å². The van der Waals surface area contributed by atoms with Crippen LogP contribution in [0, 0.1) is 53.3 Å². The van der Waals surface area contributed by atoms with E-state index in [2.05, 4.69) is 90.4 Å². The minimum Gasteiger partial charge on any atom is -0.368 e. The van der Waals surface area contributed by atoms with Crippen molar-refractivity contribution in [3.8, 4) is 0 Å². The second kappa shape index (κ2) is 79.1. The highest BCUT2D eigenvalue weighted by molar-refractivity contribution is 6.02. The monoisotopic (exact) mass is 2120 g/mol. The third-order valence-corrected chi connectivity index (χ3v) is 29.0. The van der Waals surface area contributed by atoms with E-state index in [0.717, 1.165) is 0 Å². The fourth-order valence-corrected chi connectivity index (χ4v) is 16.8. The summed E-state index contributed by atoms with van der Waals surface area (Å²) in [7, 11) is 0. The zero-order chi connectivity index (χ0) is 113. The number of nitrogens with one attached hydrogen (secondary N) is 17. The molecular weight excluding hydrogens is 1920 g/mol. The molecule has 45 heteroatoms. The van der Waals surface area contributed by atoms with Gasteiger partial charge in [0.25, 0.3) is 0 Å². The molecule has 0 aromatic heterocycles. The third-order valence-electron chi connectivity index (χ3n) is 29.0. The van der Waals surface area contributed by atoms with Crippen LogP contribution in [-0.4, -0.2) is 268 Å². The molecule has 18 amide bonds. The molecule has 0 heterocycles. The van der Waals surface area contributed by atoms with Crippen molar-refractivity contribution >= 4 is 106 Å². The van der Waals surface area contributed by atoms with Crippen LogP contribution in [-0.2, 0) is 86.3 Å². The van der Waals surface area contributed by atoms with Crippen molar-refractivity contribution in [2.24, 2.45) is 111 Å². The first-order valence-corrected chi connectivity index (χ1v) is 55.6. The lowest BCUT2D eigenvalue weighted by Gasteiger charge is -2.32. The number of primary amides is 1. The van der Waals surface area contributed by atoms with Gasteiger partial charge in [0.1, 0.15) is 103 Å². The number of carbonyl (C=O) groups is 18. The Hall–Kier alpha value is -9.90. The van der Waals surface area contributed by atoms with Crippen LogP contribution < -0.4 is 148 Å². The Bertz CT molecular complexity index is 3920. The number of hydrogen-bond donors (Lipinski definition) is 27. The highest BCUT2D eigenvalue weighted by atomic mass is 16.2. The van der Waals surface area contributed by atoms with E-state index >= 15 is 33.6 Å². The van der Waals surface area contributed by atoms with Gasteiger partial charge in [-0.3, -0.25) is 86.3 Å². The Balaban J connectivity index is 7.70. The van der Waals surface area contributed by atoms with E-state index in [1.165, 1.54) is 0 Å². The van der Waals surface area contributed by atoms with E-state index < -0.39 is 250 Å². The summed E-state index contributed by atoms with van der Waals surface area (Å²) in [6.45, 7) is 33.4. The molecule has 37 N–H and O–H groups in total. The summed E-state index contributed by atoms with van der Waals surface area (Å²) in [5, 5.41) is 48.0. The highest BCUT2D eigenvalue weighted by Gasteiger charge is 2.44. The Morgan fingerprint density at radius 3 is 0.409 bits per heavy atom. The van der Waals surface area contributed by atoms with Crippen LogP contribution in [0.25, 0.3) is 0 Å². The Kier molecular flexibility index (Phi) is 73.9. The SMILES string of the molecule is CC[C@H](C)[C@H](NC(=O)[C@H](CCCCN)NC(=O)[C@H](CCCCN)NC(=O)[C@@H](NC(=O)[C@@H](NC(=O)[C@H](CCCCN)NC(=O)[C@H](CCCCN)NC(=O)[C@@H](NC(=O)[C@@H](NC(=O)[C@H](CCCCN)NC(=O)[C@H](CCCCN)NC(=O)[C@@H](NC(=O)[C@@H](NC(=O)[C@H](CCCCN)NC(=O)[C@H](CCCCN)NC(=O)[C@@H](NC(=O)[C@@H](NC(=O)CN)[C@@H](C)CC)[C@@H](C)CC)[C@@H](C)CC)[C@@H](C)CC)[C@@H](C)CC)[C@@H](C)CC)[C@@H](C)CC)[C@@H](C)CC)C(N)=O. The molecule has 0 bridgehead atoms.